The van der Waals surface area contributed by atoms with Gasteiger partial charge in [0.15, 0.2) is 0 Å². The fourth-order valence-electron chi connectivity index (χ4n) is 1.90. The van der Waals surface area contributed by atoms with Crippen LogP contribution in [0.15, 0.2) is 23.8 Å². The van der Waals surface area contributed by atoms with E-state index in [0.29, 0.717) is 5.56 Å². The number of methoxy groups -OCH3 is 1. The van der Waals surface area contributed by atoms with Gasteiger partial charge in [-0.2, -0.15) is 13.2 Å². The first-order valence-corrected chi connectivity index (χ1v) is 5.59. The zero-order valence-electron chi connectivity index (χ0n) is 10.6. The van der Waals surface area contributed by atoms with Crippen LogP contribution in [0.3, 0.4) is 0 Å². The molecule has 0 bridgehead atoms. The number of halogens is 3. The molecule has 1 heterocycles. The van der Waals surface area contributed by atoms with E-state index in [0.717, 1.165) is 13.2 Å². The molecule has 0 fully saturated rings. The first-order chi connectivity index (χ1) is 9.20. The standard InChI is InChI=1S/C13H11F3O4/c1-7-4-3-5-8-6-9(11(17)19-2)12(18,13(14,15)16)20-10(7)8/h3-6,18H,1-2H3. The van der Waals surface area contributed by atoms with E-state index in [1.165, 1.54) is 19.1 Å². The number of hydrogen-bond acceptors (Lipinski definition) is 4. The predicted molar refractivity (Wildman–Crippen MR) is 62.8 cm³/mol. The zero-order chi connectivity index (χ0) is 15.1. The van der Waals surface area contributed by atoms with Gasteiger partial charge in [-0.05, 0) is 18.6 Å². The average molecular weight is 288 g/mol. The molecule has 1 aromatic carbocycles. The molecule has 0 spiro atoms. The van der Waals surface area contributed by atoms with Crippen molar-refractivity contribution in [2.75, 3.05) is 7.11 Å². The molecule has 0 aliphatic carbocycles. The Balaban J connectivity index is 2.68. The third-order valence-corrected chi connectivity index (χ3v) is 2.95. The normalized spacial score (nSPS) is 21.6. The number of carbonyl (C=O) groups is 1. The summed E-state index contributed by atoms with van der Waals surface area (Å²) in [5.74, 6) is -5.16. The number of alkyl halides is 3. The second kappa shape index (κ2) is 4.52. The summed E-state index contributed by atoms with van der Waals surface area (Å²) in [5.41, 5.74) is -0.338. The van der Waals surface area contributed by atoms with Crippen molar-refractivity contribution in [1.82, 2.24) is 0 Å². The first-order valence-electron chi connectivity index (χ1n) is 5.59. The maximum atomic E-state index is 13.1. The minimum atomic E-state index is -5.19. The Morgan fingerprint density at radius 2 is 2.05 bits per heavy atom. The van der Waals surface area contributed by atoms with Crippen molar-refractivity contribution in [3.05, 3.63) is 34.9 Å². The third-order valence-electron chi connectivity index (χ3n) is 2.95. The summed E-state index contributed by atoms with van der Waals surface area (Å²) in [6.45, 7) is 1.53. The lowest BCUT2D eigenvalue weighted by Crippen LogP contribution is -2.55. The van der Waals surface area contributed by atoms with Gasteiger partial charge in [0, 0.05) is 5.56 Å². The van der Waals surface area contributed by atoms with Gasteiger partial charge in [-0.15, -0.1) is 0 Å². The summed E-state index contributed by atoms with van der Waals surface area (Å²) in [6, 6.07) is 4.61. The number of aliphatic hydroxyl groups is 1. The average Bonchev–Trinajstić information content (AvgIpc) is 2.37. The number of esters is 1. The van der Waals surface area contributed by atoms with Crippen molar-refractivity contribution in [3.63, 3.8) is 0 Å². The van der Waals surface area contributed by atoms with E-state index in [4.69, 9.17) is 4.74 Å². The number of rotatable bonds is 1. The van der Waals surface area contributed by atoms with Crippen molar-refractivity contribution in [1.29, 1.82) is 0 Å². The third kappa shape index (κ3) is 2.03. The van der Waals surface area contributed by atoms with Crippen LogP contribution in [0.25, 0.3) is 6.08 Å². The smallest absolute Gasteiger partial charge is 0.460 e. The number of benzene rings is 1. The maximum Gasteiger partial charge on any atom is 0.460 e. The van der Waals surface area contributed by atoms with Crippen LogP contribution in [0.1, 0.15) is 11.1 Å². The van der Waals surface area contributed by atoms with Gasteiger partial charge < -0.3 is 14.6 Å². The summed E-state index contributed by atoms with van der Waals surface area (Å²) < 4.78 is 48.2. The van der Waals surface area contributed by atoms with Crippen LogP contribution in [-0.4, -0.2) is 30.1 Å². The summed E-state index contributed by atoms with van der Waals surface area (Å²) in [4.78, 5) is 11.5. The van der Waals surface area contributed by atoms with Gasteiger partial charge in [0.05, 0.1) is 7.11 Å². The highest BCUT2D eigenvalue weighted by atomic mass is 19.4. The van der Waals surface area contributed by atoms with Crippen LogP contribution in [-0.2, 0) is 9.53 Å². The molecule has 4 nitrogen and oxygen atoms in total. The van der Waals surface area contributed by atoms with Crippen LogP contribution in [0, 0.1) is 6.92 Å². The molecule has 1 aromatic rings. The molecular weight excluding hydrogens is 277 g/mol. The summed E-state index contributed by atoms with van der Waals surface area (Å²) in [5, 5.41) is 9.82. The molecule has 2 rings (SSSR count). The van der Waals surface area contributed by atoms with Crippen LogP contribution < -0.4 is 4.74 Å². The zero-order valence-corrected chi connectivity index (χ0v) is 10.6. The van der Waals surface area contributed by atoms with Gasteiger partial charge in [-0.25, -0.2) is 4.79 Å². The van der Waals surface area contributed by atoms with Crippen LogP contribution in [0.5, 0.6) is 5.75 Å². The quantitative estimate of drug-likeness (QED) is 0.805. The van der Waals surface area contributed by atoms with Gasteiger partial charge in [0.25, 0.3) is 0 Å². The van der Waals surface area contributed by atoms with Crippen molar-refractivity contribution < 1.29 is 32.5 Å². The molecule has 0 saturated carbocycles. The number of hydrogen-bond donors (Lipinski definition) is 1. The maximum absolute atomic E-state index is 13.1. The van der Waals surface area contributed by atoms with E-state index in [9.17, 15) is 23.1 Å². The van der Waals surface area contributed by atoms with Crippen molar-refractivity contribution >= 4 is 12.0 Å². The minimum Gasteiger partial charge on any atom is -0.465 e. The van der Waals surface area contributed by atoms with Gasteiger partial charge in [0.1, 0.15) is 11.3 Å². The summed E-state index contributed by atoms with van der Waals surface area (Å²) >= 11 is 0. The van der Waals surface area contributed by atoms with Crippen molar-refractivity contribution in [2.24, 2.45) is 0 Å². The summed E-state index contributed by atoms with van der Waals surface area (Å²) in [7, 11) is 0.922. The van der Waals surface area contributed by atoms with E-state index in [1.54, 1.807) is 6.07 Å². The van der Waals surface area contributed by atoms with E-state index in [2.05, 4.69) is 4.74 Å². The largest absolute Gasteiger partial charge is 0.465 e. The van der Waals surface area contributed by atoms with Crippen LogP contribution in [0.4, 0.5) is 13.2 Å². The van der Waals surface area contributed by atoms with Gasteiger partial charge in [-0.3, -0.25) is 0 Å². The number of para-hydroxylation sites is 1. The lowest BCUT2D eigenvalue weighted by atomic mass is 9.96. The Kier molecular flexibility index (Phi) is 3.25. The molecule has 1 unspecified atom stereocenters. The second-order valence-electron chi connectivity index (χ2n) is 4.29. The van der Waals surface area contributed by atoms with Crippen LogP contribution >= 0.6 is 0 Å². The lowest BCUT2D eigenvalue weighted by Gasteiger charge is -2.35. The highest BCUT2D eigenvalue weighted by molar-refractivity contribution is 5.97. The molecule has 20 heavy (non-hydrogen) atoms. The van der Waals surface area contributed by atoms with Gasteiger partial charge in [-0.1, -0.05) is 18.2 Å². The Morgan fingerprint density at radius 3 is 2.60 bits per heavy atom. The first kappa shape index (κ1) is 14.4. The number of ether oxygens (including phenoxy) is 2. The topological polar surface area (TPSA) is 55.8 Å². The molecule has 7 heteroatoms. The van der Waals surface area contributed by atoms with E-state index < -0.39 is 23.5 Å². The second-order valence-corrected chi connectivity index (χ2v) is 4.29. The monoisotopic (exact) mass is 288 g/mol. The Labute approximate surface area is 112 Å². The summed E-state index contributed by atoms with van der Waals surface area (Å²) in [6.07, 6.45) is -4.27. The molecule has 1 aliphatic rings. The molecule has 0 amide bonds. The van der Waals surface area contributed by atoms with E-state index in [1.807, 2.05) is 0 Å². The molecule has 0 radical (unpaired) electrons. The highest BCUT2D eigenvalue weighted by Crippen LogP contribution is 2.44. The van der Waals surface area contributed by atoms with Gasteiger partial charge in [0.2, 0.25) is 0 Å². The number of aryl methyl sites for hydroxylation is 1. The van der Waals surface area contributed by atoms with Gasteiger partial charge >= 0.3 is 17.9 Å². The van der Waals surface area contributed by atoms with E-state index in [-0.39, 0.29) is 11.3 Å². The Bertz CT molecular complexity index is 592. The highest BCUT2D eigenvalue weighted by Gasteiger charge is 2.63. The molecular formula is C13H11F3O4. The van der Waals surface area contributed by atoms with Crippen LogP contribution in [0.2, 0.25) is 0 Å². The molecule has 108 valence electrons. The van der Waals surface area contributed by atoms with Crippen molar-refractivity contribution in [2.45, 2.75) is 18.9 Å². The molecule has 0 aromatic heterocycles. The molecule has 1 aliphatic heterocycles. The van der Waals surface area contributed by atoms with E-state index >= 15 is 0 Å². The molecule has 1 N–H and O–H groups in total. The number of carbonyl (C=O) groups excluding carboxylic acids is 1. The fraction of sp³-hybridized carbons (Fsp3) is 0.308. The van der Waals surface area contributed by atoms with Crippen molar-refractivity contribution in [3.8, 4) is 5.75 Å². The predicted octanol–water partition coefficient (Wildman–Crippen LogP) is 2.19. The minimum absolute atomic E-state index is 0.125. The molecule has 1 atom stereocenters. The Hall–Kier alpha value is -2.02. The number of fused-ring (bicyclic) bond motifs is 1. The molecule has 0 saturated heterocycles. The lowest BCUT2D eigenvalue weighted by molar-refractivity contribution is -0.316. The Morgan fingerprint density at radius 1 is 1.40 bits per heavy atom. The fourth-order valence-corrected chi connectivity index (χ4v) is 1.90. The SMILES string of the molecule is COC(=O)C1=Cc2cccc(C)c2OC1(O)C(F)(F)F.